The van der Waals surface area contributed by atoms with Crippen LogP contribution in [-0.4, -0.2) is 47.4 Å². The van der Waals surface area contributed by atoms with E-state index >= 15 is 0 Å². The van der Waals surface area contributed by atoms with Crippen LogP contribution in [0.4, 0.5) is 0 Å². The van der Waals surface area contributed by atoms with Gasteiger partial charge in [0, 0.05) is 44.9 Å². The Kier molecular flexibility index (Phi) is 5.25. The summed E-state index contributed by atoms with van der Waals surface area (Å²) in [6.45, 7) is 6.48. The zero-order chi connectivity index (χ0) is 12.0. The van der Waals surface area contributed by atoms with E-state index in [2.05, 4.69) is 15.4 Å². The fourth-order valence-corrected chi connectivity index (χ4v) is 1.79. The predicted molar refractivity (Wildman–Crippen MR) is 62.8 cm³/mol. The second-order valence-corrected chi connectivity index (χ2v) is 4.48. The smallest absolute Gasteiger partial charge is 0.221 e. The van der Waals surface area contributed by atoms with Gasteiger partial charge < -0.3 is 15.4 Å². The van der Waals surface area contributed by atoms with Gasteiger partial charge >= 0.3 is 0 Å². The van der Waals surface area contributed by atoms with E-state index in [4.69, 9.17) is 5.21 Å². The fourth-order valence-electron chi connectivity index (χ4n) is 1.79. The van der Waals surface area contributed by atoms with Crippen molar-refractivity contribution >= 4 is 11.6 Å². The van der Waals surface area contributed by atoms with Crippen LogP contribution in [-0.2, 0) is 4.79 Å². The number of carbonyl (C=O) groups excluding carboxylic acids is 1. The van der Waals surface area contributed by atoms with Crippen LogP contribution >= 0.6 is 0 Å². The van der Waals surface area contributed by atoms with Crippen molar-refractivity contribution in [3.05, 3.63) is 0 Å². The molecule has 0 spiro atoms. The number of hydrogen-bond acceptors (Lipinski definition) is 4. The lowest BCUT2D eigenvalue weighted by atomic mass is 10.1. The molecule has 0 aromatic rings. The van der Waals surface area contributed by atoms with Gasteiger partial charge in [0.2, 0.25) is 5.91 Å². The number of nitrogens with one attached hydrogen (secondary N) is 1. The van der Waals surface area contributed by atoms with Crippen molar-refractivity contribution in [2.24, 2.45) is 5.16 Å². The zero-order valence-corrected chi connectivity index (χ0v) is 10.1. The van der Waals surface area contributed by atoms with Crippen LogP contribution in [0.1, 0.15) is 33.1 Å². The van der Waals surface area contributed by atoms with Crippen molar-refractivity contribution in [3.8, 4) is 0 Å². The van der Waals surface area contributed by atoms with Crippen molar-refractivity contribution in [1.29, 1.82) is 0 Å². The Bertz CT molecular complexity index is 254. The molecule has 1 saturated heterocycles. The first-order chi connectivity index (χ1) is 7.61. The molecule has 5 nitrogen and oxygen atoms in total. The molecule has 1 amide bonds. The van der Waals surface area contributed by atoms with Crippen molar-refractivity contribution in [1.82, 2.24) is 10.2 Å². The molecule has 0 atom stereocenters. The third-order valence-electron chi connectivity index (χ3n) is 2.68. The van der Waals surface area contributed by atoms with Crippen LogP contribution in [0.15, 0.2) is 5.16 Å². The summed E-state index contributed by atoms with van der Waals surface area (Å²) in [5, 5.41) is 14.7. The Balaban J connectivity index is 2.17. The summed E-state index contributed by atoms with van der Waals surface area (Å²) in [5.74, 6) is 0.108. The SMILES string of the molecule is CC(C)NC(=O)CCN1CCC(=NO)CC1. The largest absolute Gasteiger partial charge is 0.411 e. The quantitative estimate of drug-likeness (QED) is 0.552. The summed E-state index contributed by atoms with van der Waals surface area (Å²) >= 11 is 0. The molecule has 0 aromatic heterocycles. The molecule has 0 aromatic carbocycles. The van der Waals surface area contributed by atoms with Crippen molar-refractivity contribution in [2.45, 2.75) is 39.2 Å². The molecule has 0 saturated carbocycles. The number of carbonyl (C=O) groups is 1. The van der Waals surface area contributed by atoms with Crippen LogP contribution in [0.5, 0.6) is 0 Å². The molecular weight excluding hydrogens is 206 g/mol. The zero-order valence-electron chi connectivity index (χ0n) is 10.1. The van der Waals surface area contributed by atoms with Crippen molar-refractivity contribution in [2.75, 3.05) is 19.6 Å². The third kappa shape index (κ3) is 4.61. The first kappa shape index (κ1) is 13.0. The average molecular weight is 227 g/mol. The lowest BCUT2D eigenvalue weighted by Gasteiger charge is -2.26. The molecule has 2 N–H and O–H groups in total. The third-order valence-corrected chi connectivity index (χ3v) is 2.68. The Labute approximate surface area is 96.5 Å². The molecule has 1 aliphatic rings. The molecule has 1 aliphatic heterocycles. The van der Waals surface area contributed by atoms with Gasteiger partial charge in [-0.05, 0) is 13.8 Å². The van der Waals surface area contributed by atoms with Gasteiger partial charge in [-0.1, -0.05) is 5.16 Å². The molecule has 0 unspecified atom stereocenters. The number of rotatable bonds is 4. The van der Waals surface area contributed by atoms with Crippen molar-refractivity contribution < 1.29 is 10.0 Å². The molecule has 5 heteroatoms. The van der Waals surface area contributed by atoms with E-state index in [0.29, 0.717) is 6.42 Å². The maximum Gasteiger partial charge on any atom is 0.221 e. The van der Waals surface area contributed by atoms with E-state index in [1.807, 2.05) is 13.8 Å². The second-order valence-electron chi connectivity index (χ2n) is 4.48. The number of piperidine rings is 1. The van der Waals surface area contributed by atoms with Crippen LogP contribution < -0.4 is 5.32 Å². The molecule has 1 fully saturated rings. The van der Waals surface area contributed by atoms with Crippen LogP contribution in [0.3, 0.4) is 0 Å². The number of likely N-dealkylation sites (tertiary alicyclic amines) is 1. The standard InChI is InChI=1S/C11H21N3O2/c1-9(2)12-11(15)5-8-14-6-3-10(13-16)4-7-14/h9,16H,3-8H2,1-2H3,(H,12,15). The summed E-state index contributed by atoms with van der Waals surface area (Å²) in [6.07, 6.45) is 2.16. The highest BCUT2D eigenvalue weighted by Gasteiger charge is 2.16. The van der Waals surface area contributed by atoms with Gasteiger partial charge in [0.05, 0.1) is 5.71 Å². The molecule has 16 heavy (non-hydrogen) atoms. The highest BCUT2D eigenvalue weighted by Crippen LogP contribution is 2.07. The highest BCUT2D eigenvalue weighted by atomic mass is 16.4. The van der Waals surface area contributed by atoms with Crippen LogP contribution in [0.25, 0.3) is 0 Å². The van der Waals surface area contributed by atoms with Gasteiger partial charge in [-0.25, -0.2) is 0 Å². The molecular formula is C11H21N3O2. The number of hydrogen-bond donors (Lipinski definition) is 2. The van der Waals surface area contributed by atoms with Gasteiger partial charge in [0.25, 0.3) is 0 Å². The van der Waals surface area contributed by atoms with E-state index in [0.717, 1.165) is 38.2 Å². The molecule has 1 rings (SSSR count). The summed E-state index contributed by atoms with van der Waals surface area (Å²) in [5.41, 5.74) is 0.864. The summed E-state index contributed by atoms with van der Waals surface area (Å²) in [6, 6.07) is 0.210. The van der Waals surface area contributed by atoms with Gasteiger partial charge in [0.15, 0.2) is 0 Å². The molecule has 0 radical (unpaired) electrons. The lowest BCUT2D eigenvalue weighted by molar-refractivity contribution is -0.121. The number of amides is 1. The van der Waals surface area contributed by atoms with Gasteiger partial charge in [-0.3, -0.25) is 4.79 Å². The summed E-state index contributed by atoms with van der Waals surface area (Å²) < 4.78 is 0. The van der Waals surface area contributed by atoms with E-state index in [9.17, 15) is 4.79 Å². The maximum atomic E-state index is 11.4. The summed E-state index contributed by atoms with van der Waals surface area (Å²) in [4.78, 5) is 13.6. The minimum absolute atomic E-state index is 0.108. The Morgan fingerprint density at radius 2 is 2.12 bits per heavy atom. The Hall–Kier alpha value is -1.10. The molecule has 0 bridgehead atoms. The van der Waals surface area contributed by atoms with E-state index < -0.39 is 0 Å². The Morgan fingerprint density at radius 1 is 1.50 bits per heavy atom. The molecule has 1 heterocycles. The molecule has 0 aliphatic carbocycles. The first-order valence-corrected chi connectivity index (χ1v) is 5.83. The van der Waals surface area contributed by atoms with Crippen LogP contribution in [0.2, 0.25) is 0 Å². The molecule has 92 valence electrons. The van der Waals surface area contributed by atoms with E-state index in [-0.39, 0.29) is 11.9 Å². The average Bonchev–Trinajstić information content (AvgIpc) is 2.26. The van der Waals surface area contributed by atoms with E-state index in [1.165, 1.54) is 0 Å². The van der Waals surface area contributed by atoms with E-state index in [1.54, 1.807) is 0 Å². The minimum atomic E-state index is 0.108. The number of nitrogens with zero attached hydrogens (tertiary/aromatic N) is 2. The predicted octanol–water partition coefficient (Wildman–Crippen LogP) is 0.827. The van der Waals surface area contributed by atoms with Crippen molar-refractivity contribution in [3.63, 3.8) is 0 Å². The number of oxime groups is 1. The fraction of sp³-hybridized carbons (Fsp3) is 0.818. The minimum Gasteiger partial charge on any atom is -0.411 e. The maximum absolute atomic E-state index is 11.4. The normalized spacial score (nSPS) is 17.6. The summed E-state index contributed by atoms with van der Waals surface area (Å²) in [7, 11) is 0. The van der Waals surface area contributed by atoms with Gasteiger partial charge in [0.1, 0.15) is 0 Å². The van der Waals surface area contributed by atoms with Gasteiger partial charge in [-0.2, -0.15) is 0 Å². The monoisotopic (exact) mass is 227 g/mol. The van der Waals surface area contributed by atoms with Crippen LogP contribution in [0, 0.1) is 0 Å². The second kappa shape index (κ2) is 6.48. The first-order valence-electron chi connectivity index (χ1n) is 5.83. The topological polar surface area (TPSA) is 64.9 Å². The van der Waals surface area contributed by atoms with Gasteiger partial charge in [-0.15, -0.1) is 0 Å². The lowest BCUT2D eigenvalue weighted by Crippen LogP contribution is -2.38. The highest BCUT2D eigenvalue weighted by molar-refractivity contribution is 5.84. The Morgan fingerprint density at radius 3 is 2.62 bits per heavy atom.